The molecule has 0 fully saturated rings. The van der Waals surface area contributed by atoms with Crippen LogP contribution < -0.4 is 9.47 Å². The minimum Gasteiger partial charge on any atom is -0.496 e. The van der Waals surface area contributed by atoms with Crippen LogP contribution in [0.25, 0.3) is 22.3 Å². The lowest BCUT2D eigenvalue weighted by molar-refractivity contribution is 0.395. The smallest absolute Gasteiger partial charge is 0.138 e. The standard InChI is InChI=1S/C25H28O2/c1-6-7-21-16-22(19-12-8-17(2)9-13-19)25(27-5)23(24(21)26-4)20-14-10-18(3)11-15-20/h8-16H,6-7H2,1-5H3. The van der Waals surface area contributed by atoms with Crippen molar-refractivity contribution in [2.24, 2.45) is 0 Å². The van der Waals surface area contributed by atoms with Crippen molar-refractivity contribution in [2.45, 2.75) is 33.6 Å². The topological polar surface area (TPSA) is 18.5 Å². The van der Waals surface area contributed by atoms with E-state index in [1.165, 1.54) is 16.7 Å². The summed E-state index contributed by atoms with van der Waals surface area (Å²) in [5.74, 6) is 1.77. The lowest BCUT2D eigenvalue weighted by Crippen LogP contribution is -2.01. The molecule has 2 heteroatoms. The number of rotatable bonds is 6. The van der Waals surface area contributed by atoms with Crippen LogP contribution in [-0.2, 0) is 6.42 Å². The van der Waals surface area contributed by atoms with Gasteiger partial charge in [-0.1, -0.05) is 73.0 Å². The van der Waals surface area contributed by atoms with Gasteiger partial charge in [0, 0.05) is 5.56 Å². The molecule has 0 radical (unpaired) electrons. The van der Waals surface area contributed by atoms with Crippen LogP contribution in [0.2, 0.25) is 0 Å². The number of aryl methyl sites for hydroxylation is 3. The molecule has 0 unspecified atom stereocenters. The molecule has 0 N–H and O–H groups in total. The Morgan fingerprint density at radius 3 is 1.70 bits per heavy atom. The molecule has 0 aliphatic carbocycles. The molecule has 0 aliphatic rings. The number of hydrogen-bond acceptors (Lipinski definition) is 2. The van der Waals surface area contributed by atoms with E-state index in [-0.39, 0.29) is 0 Å². The molecule has 140 valence electrons. The summed E-state index contributed by atoms with van der Waals surface area (Å²) in [6.45, 7) is 6.40. The van der Waals surface area contributed by atoms with Crippen molar-refractivity contribution < 1.29 is 9.47 Å². The molecule has 0 amide bonds. The van der Waals surface area contributed by atoms with Crippen LogP contribution in [0, 0.1) is 13.8 Å². The average molecular weight is 360 g/mol. The molecule has 0 heterocycles. The van der Waals surface area contributed by atoms with E-state index < -0.39 is 0 Å². The normalized spacial score (nSPS) is 10.7. The van der Waals surface area contributed by atoms with Crippen LogP contribution >= 0.6 is 0 Å². The summed E-state index contributed by atoms with van der Waals surface area (Å²) in [7, 11) is 3.49. The summed E-state index contributed by atoms with van der Waals surface area (Å²) < 4.78 is 11.8. The van der Waals surface area contributed by atoms with Crippen LogP contribution in [0.4, 0.5) is 0 Å². The zero-order chi connectivity index (χ0) is 19.4. The highest BCUT2D eigenvalue weighted by atomic mass is 16.5. The SMILES string of the molecule is CCCc1cc(-c2ccc(C)cc2)c(OC)c(-c2ccc(C)cc2)c1OC. The predicted molar refractivity (Wildman–Crippen MR) is 114 cm³/mol. The second-order valence-electron chi connectivity index (χ2n) is 7.01. The second-order valence-corrected chi connectivity index (χ2v) is 7.01. The molecule has 3 aromatic carbocycles. The van der Waals surface area contributed by atoms with Gasteiger partial charge in [-0.15, -0.1) is 0 Å². The van der Waals surface area contributed by atoms with Crippen LogP contribution in [0.5, 0.6) is 11.5 Å². The zero-order valence-electron chi connectivity index (χ0n) is 16.9. The monoisotopic (exact) mass is 360 g/mol. The van der Waals surface area contributed by atoms with E-state index >= 15 is 0 Å². The molecular weight excluding hydrogens is 332 g/mol. The van der Waals surface area contributed by atoms with E-state index in [0.717, 1.165) is 46.6 Å². The second kappa shape index (κ2) is 8.30. The molecule has 2 nitrogen and oxygen atoms in total. The quantitative estimate of drug-likeness (QED) is 0.492. The first-order valence-electron chi connectivity index (χ1n) is 9.51. The first-order valence-corrected chi connectivity index (χ1v) is 9.51. The Labute approximate surface area is 162 Å². The molecule has 0 bridgehead atoms. The fourth-order valence-corrected chi connectivity index (χ4v) is 3.53. The van der Waals surface area contributed by atoms with Gasteiger partial charge >= 0.3 is 0 Å². The molecule has 0 aromatic heterocycles. The van der Waals surface area contributed by atoms with Gasteiger partial charge in [0.15, 0.2) is 0 Å². The van der Waals surface area contributed by atoms with Crippen molar-refractivity contribution in [1.29, 1.82) is 0 Å². The summed E-state index contributed by atoms with van der Waals surface area (Å²) in [5, 5.41) is 0. The minimum absolute atomic E-state index is 0.861. The van der Waals surface area contributed by atoms with Gasteiger partial charge < -0.3 is 9.47 Å². The lowest BCUT2D eigenvalue weighted by Gasteiger charge is -2.21. The zero-order valence-corrected chi connectivity index (χ0v) is 16.9. The van der Waals surface area contributed by atoms with E-state index in [1.54, 1.807) is 14.2 Å². The van der Waals surface area contributed by atoms with E-state index in [2.05, 4.69) is 75.4 Å². The first kappa shape index (κ1) is 19.0. The largest absolute Gasteiger partial charge is 0.496 e. The van der Waals surface area contributed by atoms with Crippen molar-refractivity contribution in [3.63, 3.8) is 0 Å². The van der Waals surface area contributed by atoms with Gasteiger partial charge in [0.2, 0.25) is 0 Å². The molecule has 3 aromatic rings. The molecule has 27 heavy (non-hydrogen) atoms. The van der Waals surface area contributed by atoms with Gasteiger partial charge in [-0.25, -0.2) is 0 Å². The van der Waals surface area contributed by atoms with Gasteiger partial charge in [-0.2, -0.15) is 0 Å². The van der Waals surface area contributed by atoms with Crippen LogP contribution in [0.1, 0.15) is 30.0 Å². The summed E-state index contributed by atoms with van der Waals surface area (Å²) in [6.07, 6.45) is 2.02. The van der Waals surface area contributed by atoms with Crippen molar-refractivity contribution in [3.8, 4) is 33.8 Å². The highest BCUT2D eigenvalue weighted by molar-refractivity contribution is 5.88. The number of hydrogen-bond donors (Lipinski definition) is 0. The maximum absolute atomic E-state index is 5.94. The summed E-state index contributed by atoms with van der Waals surface area (Å²) >= 11 is 0. The Morgan fingerprint density at radius 2 is 1.22 bits per heavy atom. The highest BCUT2D eigenvalue weighted by Gasteiger charge is 2.21. The minimum atomic E-state index is 0.861. The highest BCUT2D eigenvalue weighted by Crippen LogP contribution is 2.47. The van der Waals surface area contributed by atoms with Crippen LogP contribution in [0.15, 0.2) is 54.6 Å². The first-order chi connectivity index (χ1) is 13.1. The Balaban J connectivity index is 2.34. The van der Waals surface area contributed by atoms with Crippen molar-refractivity contribution >= 4 is 0 Å². The van der Waals surface area contributed by atoms with E-state index in [1.807, 2.05) is 0 Å². The predicted octanol–water partition coefficient (Wildman–Crippen LogP) is 6.61. The van der Waals surface area contributed by atoms with E-state index in [4.69, 9.17) is 9.47 Å². The van der Waals surface area contributed by atoms with E-state index in [9.17, 15) is 0 Å². The fraction of sp³-hybridized carbons (Fsp3) is 0.280. The summed E-state index contributed by atoms with van der Waals surface area (Å²) in [4.78, 5) is 0. The molecule has 0 spiro atoms. The maximum atomic E-state index is 5.94. The maximum Gasteiger partial charge on any atom is 0.138 e. The third kappa shape index (κ3) is 3.85. The molecule has 0 aliphatic heterocycles. The molecular formula is C25H28O2. The Hall–Kier alpha value is -2.74. The Kier molecular flexibility index (Phi) is 5.85. The molecule has 0 saturated carbocycles. The third-order valence-corrected chi connectivity index (χ3v) is 4.94. The van der Waals surface area contributed by atoms with Crippen LogP contribution in [0.3, 0.4) is 0 Å². The number of ether oxygens (including phenoxy) is 2. The van der Waals surface area contributed by atoms with Crippen molar-refractivity contribution in [3.05, 3.63) is 71.3 Å². The Bertz CT molecular complexity index is 907. The molecule has 0 atom stereocenters. The summed E-state index contributed by atoms with van der Waals surface area (Å²) in [5.41, 5.74) is 8.11. The van der Waals surface area contributed by atoms with Crippen LogP contribution in [-0.4, -0.2) is 14.2 Å². The Morgan fingerprint density at radius 1 is 0.704 bits per heavy atom. The summed E-state index contributed by atoms with van der Waals surface area (Å²) in [6, 6.07) is 19.4. The number of methoxy groups -OCH3 is 2. The lowest BCUT2D eigenvalue weighted by atomic mass is 9.91. The molecule has 3 rings (SSSR count). The van der Waals surface area contributed by atoms with Crippen molar-refractivity contribution in [1.82, 2.24) is 0 Å². The fourth-order valence-electron chi connectivity index (χ4n) is 3.53. The van der Waals surface area contributed by atoms with Gasteiger partial charge in [0.05, 0.1) is 19.8 Å². The van der Waals surface area contributed by atoms with Gasteiger partial charge in [-0.3, -0.25) is 0 Å². The van der Waals surface area contributed by atoms with Gasteiger partial charge in [-0.05, 0) is 43.0 Å². The average Bonchev–Trinajstić information content (AvgIpc) is 2.68. The van der Waals surface area contributed by atoms with Gasteiger partial charge in [0.25, 0.3) is 0 Å². The third-order valence-electron chi connectivity index (χ3n) is 4.94. The molecule has 0 saturated heterocycles. The van der Waals surface area contributed by atoms with E-state index in [0.29, 0.717) is 0 Å². The number of benzene rings is 3. The van der Waals surface area contributed by atoms with Crippen molar-refractivity contribution in [2.75, 3.05) is 14.2 Å². The van der Waals surface area contributed by atoms with Gasteiger partial charge in [0.1, 0.15) is 11.5 Å².